The fourth-order valence-electron chi connectivity index (χ4n) is 1.84. The first-order valence-corrected chi connectivity index (χ1v) is 7.19. The highest BCUT2D eigenvalue weighted by atomic mass is 79.9. The van der Waals surface area contributed by atoms with Gasteiger partial charge in [-0.3, -0.25) is 4.79 Å². The lowest BCUT2D eigenvalue weighted by molar-refractivity contribution is -0.139. The van der Waals surface area contributed by atoms with Gasteiger partial charge in [0.2, 0.25) is 0 Å². The standard InChI is InChI=1S/C14H18BrNO5/c1-4-5-10(14(18)19)16-13(17)8-6-9(15)12(21-3)11(7-8)20-2/h6-7,10H,4-5H2,1-3H3,(H,16,17)(H,18,19). The lowest BCUT2D eigenvalue weighted by Gasteiger charge is -2.15. The van der Waals surface area contributed by atoms with Crippen molar-refractivity contribution in [1.82, 2.24) is 5.32 Å². The second kappa shape index (κ2) is 7.87. The van der Waals surface area contributed by atoms with Crippen molar-refractivity contribution >= 4 is 27.8 Å². The monoisotopic (exact) mass is 359 g/mol. The molecule has 6 nitrogen and oxygen atoms in total. The third kappa shape index (κ3) is 4.35. The van der Waals surface area contributed by atoms with E-state index in [1.54, 1.807) is 6.07 Å². The highest BCUT2D eigenvalue weighted by molar-refractivity contribution is 9.10. The number of benzene rings is 1. The average molecular weight is 360 g/mol. The van der Waals surface area contributed by atoms with Crippen molar-refractivity contribution in [3.63, 3.8) is 0 Å². The van der Waals surface area contributed by atoms with E-state index in [0.29, 0.717) is 34.4 Å². The van der Waals surface area contributed by atoms with Crippen molar-refractivity contribution in [3.8, 4) is 11.5 Å². The van der Waals surface area contributed by atoms with E-state index < -0.39 is 17.9 Å². The zero-order valence-electron chi connectivity index (χ0n) is 12.1. The predicted molar refractivity (Wildman–Crippen MR) is 81.0 cm³/mol. The van der Waals surface area contributed by atoms with Crippen molar-refractivity contribution in [2.45, 2.75) is 25.8 Å². The van der Waals surface area contributed by atoms with Crippen LogP contribution in [0.4, 0.5) is 0 Å². The third-order valence-corrected chi connectivity index (χ3v) is 3.47. The first kappa shape index (κ1) is 17.3. The molecule has 0 aliphatic heterocycles. The number of carbonyl (C=O) groups excluding carboxylic acids is 1. The van der Waals surface area contributed by atoms with Crippen LogP contribution in [0, 0.1) is 0 Å². The number of amides is 1. The van der Waals surface area contributed by atoms with E-state index in [0.717, 1.165) is 0 Å². The lowest BCUT2D eigenvalue weighted by Crippen LogP contribution is -2.40. The number of methoxy groups -OCH3 is 2. The second-order valence-corrected chi connectivity index (χ2v) is 5.20. The molecule has 0 aliphatic rings. The van der Waals surface area contributed by atoms with Crippen LogP contribution in [0.25, 0.3) is 0 Å². The maximum absolute atomic E-state index is 12.2. The molecule has 0 heterocycles. The van der Waals surface area contributed by atoms with Gasteiger partial charge in [-0.2, -0.15) is 0 Å². The Morgan fingerprint density at radius 2 is 2.00 bits per heavy atom. The van der Waals surface area contributed by atoms with Crippen LogP contribution in [0.2, 0.25) is 0 Å². The van der Waals surface area contributed by atoms with Crippen molar-refractivity contribution in [3.05, 3.63) is 22.2 Å². The highest BCUT2D eigenvalue weighted by Crippen LogP contribution is 2.36. The Morgan fingerprint density at radius 1 is 1.33 bits per heavy atom. The fraction of sp³-hybridized carbons (Fsp3) is 0.429. The van der Waals surface area contributed by atoms with E-state index in [1.807, 2.05) is 6.92 Å². The van der Waals surface area contributed by atoms with Gasteiger partial charge < -0.3 is 19.9 Å². The minimum Gasteiger partial charge on any atom is -0.493 e. The van der Waals surface area contributed by atoms with E-state index in [-0.39, 0.29) is 0 Å². The molecular formula is C14H18BrNO5. The molecule has 116 valence electrons. The minimum absolute atomic E-state index is 0.293. The first-order chi connectivity index (χ1) is 9.94. The zero-order valence-corrected chi connectivity index (χ0v) is 13.7. The molecule has 7 heteroatoms. The number of hydrogen-bond acceptors (Lipinski definition) is 4. The van der Waals surface area contributed by atoms with Crippen LogP contribution in [0.5, 0.6) is 11.5 Å². The summed E-state index contributed by atoms with van der Waals surface area (Å²) in [6.45, 7) is 1.86. The van der Waals surface area contributed by atoms with Gasteiger partial charge in [-0.05, 0) is 34.5 Å². The average Bonchev–Trinajstić information content (AvgIpc) is 2.45. The summed E-state index contributed by atoms with van der Waals surface area (Å²) in [6.07, 6.45) is 1.03. The van der Waals surface area contributed by atoms with Crippen LogP contribution in [0.1, 0.15) is 30.1 Å². The topological polar surface area (TPSA) is 84.9 Å². The summed E-state index contributed by atoms with van der Waals surface area (Å²) in [5.74, 6) is -0.668. The van der Waals surface area contributed by atoms with Gasteiger partial charge >= 0.3 is 5.97 Å². The molecule has 2 N–H and O–H groups in total. The summed E-state index contributed by atoms with van der Waals surface area (Å²) >= 11 is 3.29. The van der Waals surface area contributed by atoms with Gasteiger partial charge in [0.25, 0.3) is 5.91 Å². The molecule has 0 spiro atoms. The number of aliphatic carboxylic acids is 1. The molecule has 1 aromatic carbocycles. The molecular weight excluding hydrogens is 342 g/mol. The number of carboxylic acid groups (broad SMARTS) is 1. The van der Waals surface area contributed by atoms with E-state index in [2.05, 4.69) is 21.2 Å². The summed E-state index contributed by atoms with van der Waals surface area (Å²) in [4.78, 5) is 23.2. The lowest BCUT2D eigenvalue weighted by atomic mass is 10.1. The van der Waals surface area contributed by atoms with Crippen molar-refractivity contribution < 1.29 is 24.2 Å². The van der Waals surface area contributed by atoms with E-state index in [4.69, 9.17) is 14.6 Å². The molecule has 0 aromatic heterocycles. The molecule has 0 aliphatic carbocycles. The smallest absolute Gasteiger partial charge is 0.326 e. The first-order valence-electron chi connectivity index (χ1n) is 6.39. The summed E-state index contributed by atoms with van der Waals surface area (Å²) in [7, 11) is 2.95. The van der Waals surface area contributed by atoms with Crippen LogP contribution < -0.4 is 14.8 Å². The van der Waals surface area contributed by atoms with Crippen molar-refractivity contribution in [2.75, 3.05) is 14.2 Å². The Bertz CT molecular complexity index is 532. The maximum atomic E-state index is 12.2. The predicted octanol–water partition coefficient (Wildman–Crippen LogP) is 2.45. The van der Waals surface area contributed by atoms with Crippen molar-refractivity contribution in [2.24, 2.45) is 0 Å². The van der Waals surface area contributed by atoms with Gasteiger partial charge in [0, 0.05) is 5.56 Å². The Balaban J connectivity index is 3.02. The molecule has 1 unspecified atom stereocenters. The summed E-state index contributed by atoms with van der Waals surface area (Å²) in [6, 6.07) is 2.15. The number of carbonyl (C=O) groups is 2. The molecule has 1 aromatic rings. The molecule has 1 amide bonds. The number of nitrogens with one attached hydrogen (secondary N) is 1. The van der Waals surface area contributed by atoms with E-state index in [9.17, 15) is 9.59 Å². The van der Waals surface area contributed by atoms with E-state index in [1.165, 1.54) is 20.3 Å². The summed E-state index contributed by atoms with van der Waals surface area (Å²) in [5, 5.41) is 11.6. The zero-order chi connectivity index (χ0) is 16.0. The van der Waals surface area contributed by atoms with Crippen LogP contribution in [-0.4, -0.2) is 37.2 Å². The van der Waals surface area contributed by atoms with Crippen LogP contribution in [0.15, 0.2) is 16.6 Å². The van der Waals surface area contributed by atoms with Gasteiger partial charge in [-0.25, -0.2) is 4.79 Å². The second-order valence-electron chi connectivity index (χ2n) is 4.35. The third-order valence-electron chi connectivity index (χ3n) is 2.88. The van der Waals surface area contributed by atoms with Crippen LogP contribution in [0.3, 0.4) is 0 Å². The maximum Gasteiger partial charge on any atom is 0.326 e. The van der Waals surface area contributed by atoms with Gasteiger partial charge in [0.1, 0.15) is 6.04 Å². The van der Waals surface area contributed by atoms with Crippen LogP contribution >= 0.6 is 15.9 Å². The van der Waals surface area contributed by atoms with Gasteiger partial charge in [-0.1, -0.05) is 13.3 Å². The normalized spacial score (nSPS) is 11.6. The molecule has 1 rings (SSSR count). The SMILES string of the molecule is CCCC(NC(=O)c1cc(Br)c(OC)c(OC)c1)C(=O)O. The summed E-state index contributed by atoms with van der Waals surface area (Å²) < 4.78 is 10.9. The Hall–Kier alpha value is -1.76. The Kier molecular flexibility index (Phi) is 6.48. The molecule has 1 atom stereocenters. The molecule has 0 saturated heterocycles. The van der Waals surface area contributed by atoms with Crippen LogP contribution in [-0.2, 0) is 4.79 Å². The number of rotatable bonds is 7. The molecule has 21 heavy (non-hydrogen) atoms. The number of halogens is 1. The van der Waals surface area contributed by atoms with Crippen molar-refractivity contribution in [1.29, 1.82) is 0 Å². The van der Waals surface area contributed by atoms with Gasteiger partial charge in [0.15, 0.2) is 11.5 Å². The summed E-state index contributed by atoms with van der Waals surface area (Å²) in [5.41, 5.74) is 0.293. The quantitative estimate of drug-likeness (QED) is 0.780. The molecule has 0 radical (unpaired) electrons. The Morgan fingerprint density at radius 3 is 2.48 bits per heavy atom. The molecule has 0 fully saturated rings. The highest BCUT2D eigenvalue weighted by Gasteiger charge is 2.21. The molecule has 0 saturated carbocycles. The number of hydrogen-bond donors (Lipinski definition) is 2. The fourth-order valence-corrected chi connectivity index (χ4v) is 2.44. The van der Waals surface area contributed by atoms with Gasteiger partial charge in [-0.15, -0.1) is 0 Å². The van der Waals surface area contributed by atoms with Gasteiger partial charge in [0.05, 0.1) is 18.7 Å². The number of ether oxygens (including phenoxy) is 2. The van der Waals surface area contributed by atoms with E-state index >= 15 is 0 Å². The minimum atomic E-state index is -1.05. The largest absolute Gasteiger partial charge is 0.493 e. The Labute approximate surface area is 131 Å². The number of carboxylic acids is 1. The molecule has 0 bridgehead atoms.